The number of nitrogens with zero attached hydrogens (tertiary/aromatic N) is 1. The molecule has 2 aromatic heterocycles. The molecule has 3 rings (SSSR count). The zero-order valence-electron chi connectivity index (χ0n) is 17.0. The second kappa shape index (κ2) is 9.41. The van der Waals surface area contributed by atoms with Crippen molar-refractivity contribution < 1.29 is 18.8 Å². The Morgan fingerprint density at radius 3 is 2.33 bits per heavy atom. The summed E-state index contributed by atoms with van der Waals surface area (Å²) in [5.41, 5.74) is 1.63. The van der Waals surface area contributed by atoms with Crippen molar-refractivity contribution in [3.63, 3.8) is 0 Å². The third-order valence-corrected chi connectivity index (χ3v) is 5.40. The molecule has 0 bridgehead atoms. The topological polar surface area (TPSA) is 91.7 Å². The van der Waals surface area contributed by atoms with E-state index < -0.39 is 0 Å². The molecule has 8 heteroatoms. The number of carbonyl (C=O) groups is 3. The first-order chi connectivity index (χ1) is 14.3. The lowest BCUT2D eigenvalue weighted by Crippen LogP contribution is -2.34. The van der Waals surface area contributed by atoms with E-state index in [1.165, 1.54) is 17.6 Å². The van der Waals surface area contributed by atoms with Gasteiger partial charge in [-0.05, 0) is 55.8 Å². The van der Waals surface area contributed by atoms with E-state index >= 15 is 0 Å². The normalized spacial score (nSPS) is 10.7. The molecule has 0 aliphatic carbocycles. The maximum atomic E-state index is 12.5. The molecule has 0 spiro atoms. The van der Waals surface area contributed by atoms with Gasteiger partial charge in [-0.2, -0.15) is 0 Å². The van der Waals surface area contributed by atoms with E-state index in [1.54, 1.807) is 48.2 Å². The summed E-state index contributed by atoms with van der Waals surface area (Å²) in [4.78, 5) is 38.5. The molecule has 1 aromatic carbocycles. The quantitative estimate of drug-likeness (QED) is 0.579. The van der Waals surface area contributed by atoms with Crippen LogP contribution in [0.2, 0.25) is 0 Å². The molecular formula is C22H23N3O4S. The first-order valence-corrected chi connectivity index (χ1v) is 10.3. The van der Waals surface area contributed by atoms with Gasteiger partial charge in [-0.15, -0.1) is 11.3 Å². The Bertz CT molecular complexity index is 1020. The standard InChI is InChI=1S/C22H23N3O4S/c1-14(2)25(15(3)26)13-16-6-8-17(9-7-16)23-22(28)19-10-11-20(30-19)24-21(27)18-5-4-12-29-18/h4-12,14H,13H2,1-3H3,(H,23,28)(H,24,27). The zero-order chi connectivity index (χ0) is 21.7. The van der Waals surface area contributed by atoms with Crippen LogP contribution in [-0.4, -0.2) is 28.7 Å². The molecule has 0 fully saturated rings. The Kier molecular flexibility index (Phi) is 6.68. The van der Waals surface area contributed by atoms with Crippen molar-refractivity contribution in [3.8, 4) is 0 Å². The third kappa shape index (κ3) is 5.36. The van der Waals surface area contributed by atoms with E-state index in [0.29, 0.717) is 22.1 Å². The Labute approximate surface area is 178 Å². The Hall–Kier alpha value is -3.39. The summed E-state index contributed by atoms with van der Waals surface area (Å²) < 4.78 is 5.05. The Balaban J connectivity index is 1.59. The maximum Gasteiger partial charge on any atom is 0.291 e. The van der Waals surface area contributed by atoms with Crippen LogP contribution >= 0.6 is 11.3 Å². The number of nitrogens with one attached hydrogen (secondary N) is 2. The molecule has 0 saturated carbocycles. The first-order valence-electron chi connectivity index (χ1n) is 9.45. The minimum Gasteiger partial charge on any atom is -0.459 e. The second-order valence-corrected chi connectivity index (χ2v) is 8.07. The van der Waals surface area contributed by atoms with Crippen molar-refractivity contribution in [2.75, 3.05) is 10.6 Å². The fourth-order valence-electron chi connectivity index (χ4n) is 2.85. The molecule has 3 aromatic rings. The zero-order valence-corrected chi connectivity index (χ0v) is 17.8. The highest BCUT2D eigenvalue weighted by Gasteiger charge is 2.15. The van der Waals surface area contributed by atoms with Gasteiger partial charge >= 0.3 is 0 Å². The van der Waals surface area contributed by atoms with Gasteiger partial charge in [0.05, 0.1) is 16.1 Å². The van der Waals surface area contributed by atoms with Crippen molar-refractivity contribution >= 4 is 39.7 Å². The average Bonchev–Trinajstić information content (AvgIpc) is 3.39. The Morgan fingerprint density at radius 2 is 1.73 bits per heavy atom. The van der Waals surface area contributed by atoms with E-state index in [-0.39, 0.29) is 29.5 Å². The lowest BCUT2D eigenvalue weighted by molar-refractivity contribution is -0.131. The lowest BCUT2D eigenvalue weighted by Gasteiger charge is -2.25. The van der Waals surface area contributed by atoms with Crippen LogP contribution in [0.15, 0.2) is 59.2 Å². The predicted molar refractivity (Wildman–Crippen MR) is 117 cm³/mol. The molecule has 2 N–H and O–H groups in total. The average molecular weight is 426 g/mol. The summed E-state index contributed by atoms with van der Waals surface area (Å²) in [6.07, 6.45) is 1.42. The van der Waals surface area contributed by atoms with Gasteiger partial charge in [0.15, 0.2) is 5.76 Å². The minimum absolute atomic E-state index is 0.0232. The summed E-state index contributed by atoms with van der Waals surface area (Å²) in [7, 11) is 0. The van der Waals surface area contributed by atoms with Gasteiger partial charge < -0.3 is 20.0 Å². The second-order valence-electron chi connectivity index (χ2n) is 6.99. The molecule has 0 saturated heterocycles. The lowest BCUT2D eigenvalue weighted by atomic mass is 10.1. The monoisotopic (exact) mass is 425 g/mol. The maximum absolute atomic E-state index is 12.5. The highest BCUT2D eigenvalue weighted by molar-refractivity contribution is 7.18. The van der Waals surface area contributed by atoms with Crippen LogP contribution in [-0.2, 0) is 11.3 Å². The van der Waals surface area contributed by atoms with E-state index in [1.807, 2.05) is 26.0 Å². The number of thiophene rings is 1. The third-order valence-electron chi connectivity index (χ3n) is 4.40. The number of rotatable bonds is 7. The van der Waals surface area contributed by atoms with E-state index in [9.17, 15) is 14.4 Å². The summed E-state index contributed by atoms with van der Waals surface area (Å²) in [6, 6.07) is 14.0. The molecule has 30 heavy (non-hydrogen) atoms. The van der Waals surface area contributed by atoms with E-state index in [4.69, 9.17) is 4.42 Å². The smallest absolute Gasteiger partial charge is 0.291 e. The summed E-state index contributed by atoms with van der Waals surface area (Å²) >= 11 is 1.17. The van der Waals surface area contributed by atoms with Crippen LogP contribution in [0.5, 0.6) is 0 Å². The summed E-state index contributed by atoms with van der Waals surface area (Å²) in [5.74, 6) is -0.408. The van der Waals surface area contributed by atoms with Crippen molar-refractivity contribution in [1.82, 2.24) is 4.90 Å². The fourth-order valence-corrected chi connectivity index (χ4v) is 3.65. The van der Waals surface area contributed by atoms with Crippen LogP contribution in [0.1, 0.15) is 46.6 Å². The molecule has 0 unspecified atom stereocenters. The highest BCUT2D eigenvalue weighted by Crippen LogP contribution is 2.24. The molecular weight excluding hydrogens is 402 g/mol. The first kappa shape index (κ1) is 21.3. The van der Waals surface area contributed by atoms with Crippen molar-refractivity contribution in [2.24, 2.45) is 0 Å². The van der Waals surface area contributed by atoms with Crippen molar-refractivity contribution in [3.05, 3.63) is 71.0 Å². The van der Waals surface area contributed by atoms with Gasteiger partial charge in [0, 0.05) is 25.2 Å². The number of furan rings is 1. The van der Waals surface area contributed by atoms with Crippen LogP contribution in [0.25, 0.3) is 0 Å². The van der Waals surface area contributed by atoms with Gasteiger partial charge in [0.25, 0.3) is 11.8 Å². The molecule has 2 heterocycles. The van der Waals surface area contributed by atoms with Crippen LogP contribution < -0.4 is 10.6 Å². The fraction of sp³-hybridized carbons (Fsp3) is 0.227. The van der Waals surface area contributed by atoms with Crippen LogP contribution in [0.4, 0.5) is 10.7 Å². The number of hydrogen-bond donors (Lipinski definition) is 2. The van der Waals surface area contributed by atoms with Crippen LogP contribution in [0, 0.1) is 0 Å². The summed E-state index contributed by atoms with van der Waals surface area (Å²) in [5, 5.41) is 6.09. The van der Waals surface area contributed by atoms with Gasteiger partial charge in [-0.25, -0.2) is 0 Å². The Morgan fingerprint density at radius 1 is 1.00 bits per heavy atom. The van der Waals surface area contributed by atoms with Gasteiger partial charge in [0.2, 0.25) is 5.91 Å². The predicted octanol–water partition coefficient (Wildman–Crippen LogP) is 4.60. The molecule has 3 amide bonds. The largest absolute Gasteiger partial charge is 0.459 e. The number of carbonyl (C=O) groups excluding carboxylic acids is 3. The number of hydrogen-bond acceptors (Lipinski definition) is 5. The van der Waals surface area contributed by atoms with Crippen LogP contribution in [0.3, 0.4) is 0 Å². The SMILES string of the molecule is CC(=O)N(Cc1ccc(NC(=O)c2ccc(NC(=O)c3ccco3)s2)cc1)C(C)C. The molecule has 0 atom stereocenters. The molecule has 0 aliphatic rings. The van der Waals surface area contributed by atoms with E-state index in [2.05, 4.69) is 10.6 Å². The molecule has 156 valence electrons. The van der Waals surface area contributed by atoms with Gasteiger partial charge in [-0.3, -0.25) is 14.4 Å². The van der Waals surface area contributed by atoms with Crippen molar-refractivity contribution in [1.29, 1.82) is 0 Å². The van der Waals surface area contributed by atoms with Gasteiger partial charge in [0.1, 0.15) is 0 Å². The van der Waals surface area contributed by atoms with E-state index in [0.717, 1.165) is 5.56 Å². The number of amides is 3. The molecule has 7 nitrogen and oxygen atoms in total. The van der Waals surface area contributed by atoms with Crippen molar-refractivity contribution in [2.45, 2.75) is 33.4 Å². The molecule has 0 aliphatic heterocycles. The minimum atomic E-state index is -0.370. The molecule has 0 radical (unpaired) electrons. The van der Waals surface area contributed by atoms with Gasteiger partial charge in [-0.1, -0.05) is 12.1 Å². The number of anilines is 2. The highest BCUT2D eigenvalue weighted by atomic mass is 32.1. The number of benzene rings is 1. The summed E-state index contributed by atoms with van der Waals surface area (Å²) in [6.45, 7) is 6.02.